The molecule has 0 saturated carbocycles. The first-order valence-electron chi connectivity index (χ1n) is 6.07. The molecule has 1 aliphatic heterocycles. The van der Waals surface area contributed by atoms with E-state index in [4.69, 9.17) is 0 Å². The van der Waals surface area contributed by atoms with Crippen molar-refractivity contribution >= 4 is 5.78 Å². The monoisotopic (exact) mass is 236 g/mol. The van der Waals surface area contributed by atoms with Crippen LogP contribution >= 0.6 is 0 Å². The van der Waals surface area contributed by atoms with Gasteiger partial charge in [0, 0.05) is 32.4 Å². The Hall–Kier alpha value is -1.20. The van der Waals surface area contributed by atoms with Crippen LogP contribution in [0.25, 0.3) is 0 Å². The molecule has 5 nitrogen and oxygen atoms in total. The van der Waals surface area contributed by atoms with Gasteiger partial charge in [-0.2, -0.15) is 5.10 Å². The standard InChI is InChI=1S/C12H20N4O/c1-4-16-8-10(7-13-16)12(17)11-9-14(2)5-6-15(11)3/h7-8,11H,4-6,9H2,1-3H3. The molecule has 0 amide bonds. The zero-order valence-corrected chi connectivity index (χ0v) is 10.8. The number of likely N-dealkylation sites (N-methyl/N-ethyl adjacent to an activating group) is 2. The van der Waals surface area contributed by atoms with Crippen molar-refractivity contribution in [3.05, 3.63) is 18.0 Å². The van der Waals surface area contributed by atoms with E-state index in [9.17, 15) is 4.79 Å². The third kappa shape index (κ3) is 2.56. The van der Waals surface area contributed by atoms with E-state index in [1.165, 1.54) is 0 Å². The van der Waals surface area contributed by atoms with E-state index < -0.39 is 0 Å². The van der Waals surface area contributed by atoms with Crippen molar-refractivity contribution in [1.29, 1.82) is 0 Å². The number of piperazine rings is 1. The Morgan fingerprint density at radius 3 is 2.88 bits per heavy atom. The molecule has 1 fully saturated rings. The Morgan fingerprint density at radius 1 is 1.47 bits per heavy atom. The number of nitrogens with zero attached hydrogens (tertiary/aromatic N) is 4. The van der Waals surface area contributed by atoms with Crippen LogP contribution in [0.4, 0.5) is 0 Å². The molecule has 1 aromatic heterocycles. The molecule has 1 atom stereocenters. The zero-order chi connectivity index (χ0) is 12.4. The first-order chi connectivity index (χ1) is 8.11. The number of hydrogen-bond donors (Lipinski definition) is 0. The summed E-state index contributed by atoms with van der Waals surface area (Å²) in [4.78, 5) is 16.7. The van der Waals surface area contributed by atoms with Crippen molar-refractivity contribution in [1.82, 2.24) is 19.6 Å². The van der Waals surface area contributed by atoms with Gasteiger partial charge < -0.3 is 4.90 Å². The minimum atomic E-state index is -0.0387. The molecule has 5 heteroatoms. The van der Waals surface area contributed by atoms with E-state index in [0.717, 1.165) is 31.7 Å². The van der Waals surface area contributed by atoms with Crippen LogP contribution in [0, 0.1) is 0 Å². The predicted molar refractivity (Wildman–Crippen MR) is 66.1 cm³/mol. The smallest absolute Gasteiger partial charge is 0.184 e. The van der Waals surface area contributed by atoms with E-state index in [-0.39, 0.29) is 11.8 Å². The van der Waals surface area contributed by atoms with Gasteiger partial charge in [0.2, 0.25) is 0 Å². The van der Waals surface area contributed by atoms with Crippen LogP contribution in [0.2, 0.25) is 0 Å². The van der Waals surface area contributed by atoms with Crippen molar-refractivity contribution in [2.75, 3.05) is 33.7 Å². The lowest BCUT2D eigenvalue weighted by Crippen LogP contribution is -2.53. The maximum Gasteiger partial charge on any atom is 0.184 e. The van der Waals surface area contributed by atoms with Crippen LogP contribution < -0.4 is 0 Å². The first kappa shape index (κ1) is 12.3. The Labute approximate surface area is 102 Å². The maximum absolute atomic E-state index is 12.4. The number of carbonyl (C=O) groups excluding carboxylic acids is 1. The molecule has 2 rings (SSSR count). The lowest BCUT2D eigenvalue weighted by atomic mass is 10.0. The molecule has 0 N–H and O–H groups in total. The third-order valence-electron chi connectivity index (χ3n) is 3.40. The van der Waals surface area contributed by atoms with E-state index in [0.29, 0.717) is 0 Å². The highest BCUT2D eigenvalue weighted by molar-refractivity contribution is 5.99. The van der Waals surface area contributed by atoms with Crippen molar-refractivity contribution in [3.63, 3.8) is 0 Å². The molecule has 0 aromatic carbocycles. The number of aryl methyl sites for hydroxylation is 1. The van der Waals surface area contributed by atoms with E-state index in [1.54, 1.807) is 10.9 Å². The molecule has 1 unspecified atom stereocenters. The molecule has 1 aliphatic rings. The summed E-state index contributed by atoms with van der Waals surface area (Å²) >= 11 is 0. The minimum absolute atomic E-state index is 0.0387. The summed E-state index contributed by atoms with van der Waals surface area (Å²) < 4.78 is 1.79. The van der Waals surface area contributed by atoms with Crippen LogP contribution in [-0.2, 0) is 6.54 Å². The first-order valence-corrected chi connectivity index (χ1v) is 6.07. The molecule has 0 bridgehead atoms. The summed E-state index contributed by atoms with van der Waals surface area (Å²) in [5.74, 6) is 0.179. The SMILES string of the molecule is CCn1cc(C(=O)C2CN(C)CCN2C)cn1. The fourth-order valence-corrected chi connectivity index (χ4v) is 2.15. The lowest BCUT2D eigenvalue weighted by molar-refractivity contribution is 0.0686. The van der Waals surface area contributed by atoms with Gasteiger partial charge in [-0.25, -0.2) is 0 Å². The summed E-state index contributed by atoms with van der Waals surface area (Å²) in [7, 11) is 4.07. The fourth-order valence-electron chi connectivity index (χ4n) is 2.15. The summed E-state index contributed by atoms with van der Waals surface area (Å²) in [5.41, 5.74) is 0.721. The maximum atomic E-state index is 12.4. The van der Waals surface area contributed by atoms with Gasteiger partial charge in [-0.05, 0) is 21.0 Å². The van der Waals surface area contributed by atoms with Gasteiger partial charge in [0.1, 0.15) is 0 Å². The molecular weight excluding hydrogens is 216 g/mol. The molecule has 2 heterocycles. The summed E-state index contributed by atoms with van der Waals surface area (Å²) in [6.45, 7) is 5.57. The van der Waals surface area contributed by atoms with Gasteiger partial charge in [0.25, 0.3) is 0 Å². The molecule has 1 aromatic rings. The Kier molecular flexibility index (Phi) is 3.59. The summed E-state index contributed by atoms with van der Waals surface area (Å²) in [6.07, 6.45) is 3.51. The zero-order valence-electron chi connectivity index (χ0n) is 10.8. The van der Waals surface area contributed by atoms with E-state index in [2.05, 4.69) is 21.9 Å². The molecule has 0 spiro atoms. The van der Waals surface area contributed by atoms with Crippen LogP contribution in [0.5, 0.6) is 0 Å². The molecule has 1 saturated heterocycles. The van der Waals surface area contributed by atoms with Crippen molar-refractivity contribution < 1.29 is 4.79 Å². The average molecular weight is 236 g/mol. The van der Waals surface area contributed by atoms with Crippen LogP contribution in [-0.4, -0.2) is 65.1 Å². The van der Waals surface area contributed by atoms with Gasteiger partial charge in [0.15, 0.2) is 5.78 Å². The molecule has 0 aliphatic carbocycles. The van der Waals surface area contributed by atoms with Crippen LogP contribution in [0.1, 0.15) is 17.3 Å². The largest absolute Gasteiger partial charge is 0.303 e. The second kappa shape index (κ2) is 4.98. The molecular formula is C12H20N4O. The van der Waals surface area contributed by atoms with Crippen molar-refractivity contribution in [2.24, 2.45) is 0 Å². The van der Waals surface area contributed by atoms with Crippen molar-refractivity contribution in [3.8, 4) is 0 Å². The van der Waals surface area contributed by atoms with Gasteiger partial charge in [0.05, 0.1) is 17.8 Å². The number of aromatic nitrogens is 2. The quantitative estimate of drug-likeness (QED) is 0.709. The molecule has 94 valence electrons. The normalized spacial score (nSPS) is 22.9. The number of carbonyl (C=O) groups is 1. The van der Waals surface area contributed by atoms with Crippen LogP contribution in [0.3, 0.4) is 0 Å². The van der Waals surface area contributed by atoms with Crippen LogP contribution in [0.15, 0.2) is 12.4 Å². The Balaban J connectivity index is 2.12. The summed E-state index contributed by atoms with van der Waals surface area (Å²) in [6, 6.07) is -0.0387. The third-order valence-corrected chi connectivity index (χ3v) is 3.40. The second-order valence-electron chi connectivity index (χ2n) is 4.71. The van der Waals surface area contributed by atoms with Gasteiger partial charge in [-0.3, -0.25) is 14.4 Å². The number of rotatable bonds is 3. The second-order valence-corrected chi connectivity index (χ2v) is 4.71. The number of hydrogen-bond acceptors (Lipinski definition) is 4. The number of Topliss-reactive ketones (excluding diaryl/α,β-unsaturated/α-hetero) is 1. The fraction of sp³-hybridized carbons (Fsp3) is 0.667. The Bertz CT molecular complexity index is 401. The number of ketones is 1. The highest BCUT2D eigenvalue weighted by atomic mass is 16.1. The van der Waals surface area contributed by atoms with E-state index in [1.807, 2.05) is 20.2 Å². The van der Waals surface area contributed by atoms with Gasteiger partial charge in [-0.15, -0.1) is 0 Å². The van der Waals surface area contributed by atoms with Gasteiger partial charge in [-0.1, -0.05) is 0 Å². The average Bonchev–Trinajstić information content (AvgIpc) is 2.80. The molecule has 0 radical (unpaired) electrons. The highest BCUT2D eigenvalue weighted by Crippen LogP contribution is 2.12. The lowest BCUT2D eigenvalue weighted by Gasteiger charge is -2.36. The Morgan fingerprint density at radius 2 is 2.24 bits per heavy atom. The molecule has 17 heavy (non-hydrogen) atoms. The van der Waals surface area contributed by atoms with E-state index >= 15 is 0 Å². The van der Waals surface area contributed by atoms with Crippen molar-refractivity contribution in [2.45, 2.75) is 19.5 Å². The highest BCUT2D eigenvalue weighted by Gasteiger charge is 2.29. The summed E-state index contributed by atoms with van der Waals surface area (Å²) in [5, 5.41) is 4.16. The predicted octanol–water partition coefficient (Wildman–Crippen LogP) is 0.332. The topological polar surface area (TPSA) is 41.4 Å². The minimum Gasteiger partial charge on any atom is -0.303 e. The van der Waals surface area contributed by atoms with Gasteiger partial charge >= 0.3 is 0 Å².